The van der Waals surface area contributed by atoms with Crippen LogP contribution in [0.4, 0.5) is 5.95 Å². The fourth-order valence-electron chi connectivity index (χ4n) is 2.18. The van der Waals surface area contributed by atoms with Crippen molar-refractivity contribution in [1.82, 2.24) is 14.9 Å². The Kier molecular flexibility index (Phi) is 4.06. The minimum Gasteiger partial charge on any atom is -0.492 e. The zero-order valence-corrected chi connectivity index (χ0v) is 12.9. The largest absolute Gasteiger partial charge is 0.492 e. The number of carbonyl (C=O) groups excluding carboxylic acids is 1. The Labute approximate surface area is 124 Å². The molecule has 3 N–H and O–H groups in total. The molecule has 1 heterocycles. The van der Waals surface area contributed by atoms with Crippen LogP contribution in [0.2, 0.25) is 0 Å². The predicted molar refractivity (Wildman–Crippen MR) is 83.2 cm³/mol. The van der Waals surface area contributed by atoms with Crippen molar-refractivity contribution in [2.24, 2.45) is 0 Å². The lowest BCUT2D eigenvalue weighted by molar-refractivity contribution is -0.122. The molecule has 2 rings (SSSR count). The SMILES string of the molecule is CCOc1cccc2c1nc(N)n2CC(=O)NC(C)(C)C. The standard InChI is InChI=1S/C15H22N4O2/c1-5-21-11-8-6-7-10-13(11)17-14(16)19(10)9-12(20)18-15(2,3)4/h6-8H,5,9H2,1-4H3,(H2,16,17)(H,18,20). The third-order valence-corrected chi connectivity index (χ3v) is 2.89. The van der Waals surface area contributed by atoms with Gasteiger partial charge in [0.05, 0.1) is 12.1 Å². The zero-order chi connectivity index (χ0) is 15.6. The predicted octanol–water partition coefficient (Wildman–Crippen LogP) is 1.93. The number of benzene rings is 1. The van der Waals surface area contributed by atoms with Crippen molar-refractivity contribution in [3.05, 3.63) is 18.2 Å². The quantitative estimate of drug-likeness (QED) is 0.901. The van der Waals surface area contributed by atoms with Gasteiger partial charge >= 0.3 is 0 Å². The Balaban J connectivity index is 2.34. The number of nitrogens with zero attached hydrogens (tertiary/aromatic N) is 2. The van der Waals surface area contributed by atoms with Crippen LogP contribution in [0.25, 0.3) is 11.0 Å². The lowest BCUT2D eigenvalue weighted by Crippen LogP contribution is -2.42. The molecule has 0 bridgehead atoms. The summed E-state index contributed by atoms with van der Waals surface area (Å²) < 4.78 is 7.23. The maximum Gasteiger partial charge on any atom is 0.240 e. The van der Waals surface area contributed by atoms with Crippen molar-refractivity contribution < 1.29 is 9.53 Å². The molecule has 114 valence electrons. The van der Waals surface area contributed by atoms with Gasteiger partial charge in [-0.2, -0.15) is 0 Å². The lowest BCUT2D eigenvalue weighted by atomic mass is 10.1. The van der Waals surface area contributed by atoms with E-state index in [4.69, 9.17) is 10.5 Å². The molecule has 1 amide bonds. The Bertz CT molecular complexity index is 655. The smallest absolute Gasteiger partial charge is 0.240 e. The van der Waals surface area contributed by atoms with Gasteiger partial charge in [-0.3, -0.25) is 4.79 Å². The van der Waals surface area contributed by atoms with Crippen molar-refractivity contribution in [1.29, 1.82) is 0 Å². The molecule has 0 fully saturated rings. The first kappa shape index (κ1) is 15.2. The average Bonchev–Trinajstić information content (AvgIpc) is 2.66. The van der Waals surface area contributed by atoms with Crippen LogP contribution in [-0.4, -0.2) is 27.6 Å². The normalized spacial score (nSPS) is 11.6. The van der Waals surface area contributed by atoms with E-state index in [1.807, 2.05) is 45.9 Å². The van der Waals surface area contributed by atoms with Gasteiger partial charge in [0.1, 0.15) is 17.8 Å². The Morgan fingerprint density at radius 2 is 2.14 bits per heavy atom. The summed E-state index contributed by atoms with van der Waals surface area (Å²) in [7, 11) is 0. The van der Waals surface area contributed by atoms with Gasteiger partial charge in [0.25, 0.3) is 0 Å². The second kappa shape index (κ2) is 5.63. The second-order valence-electron chi connectivity index (χ2n) is 5.91. The molecule has 1 aromatic carbocycles. The number of nitrogen functional groups attached to an aromatic ring is 1. The minimum atomic E-state index is -0.279. The molecule has 0 spiro atoms. The number of nitrogens with two attached hydrogens (primary N) is 1. The minimum absolute atomic E-state index is 0.102. The van der Waals surface area contributed by atoms with Gasteiger partial charge < -0.3 is 20.4 Å². The van der Waals surface area contributed by atoms with Crippen LogP contribution < -0.4 is 15.8 Å². The van der Waals surface area contributed by atoms with Crippen LogP contribution in [0.5, 0.6) is 5.75 Å². The monoisotopic (exact) mass is 290 g/mol. The lowest BCUT2D eigenvalue weighted by Gasteiger charge is -2.20. The summed E-state index contributed by atoms with van der Waals surface area (Å²) in [6, 6.07) is 5.59. The summed E-state index contributed by atoms with van der Waals surface area (Å²) in [5.41, 5.74) is 7.14. The summed E-state index contributed by atoms with van der Waals surface area (Å²) in [5, 5.41) is 2.91. The van der Waals surface area contributed by atoms with Gasteiger partial charge in [-0.05, 0) is 39.8 Å². The van der Waals surface area contributed by atoms with Crippen LogP contribution in [-0.2, 0) is 11.3 Å². The molecule has 0 aliphatic carbocycles. The molecule has 0 aliphatic heterocycles. The van der Waals surface area contributed by atoms with Gasteiger partial charge in [-0.15, -0.1) is 0 Å². The highest BCUT2D eigenvalue weighted by Gasteiger charge is 2.18. The van der Waals surface area contributed by atoms with E-state index < -0.39 is 0 Å². The molecule has 0 radical (unpaired) electrons. The molecule has 6 nitrogen and oxygen atoms in total. The summed E-state index contributed by atoms with van der Waals surface area (Å²) >= 11 is 0. The highest BCUT2D eigenvalue weighted by molar-refractivity contribution is 5.86. The van der Waals surface area contributed by atoms with Gasteiger partial charge in [-0.1, -0.05) is 6.07 Å². The van der Waals surface area contributed by atoms with E-state index in [-0.39, 0.29) is 18.0 Å². The third kappa shape index (κ3) is 3.45. The van der Waals surface area contributed by atoms with Crippen LogP contribution in [0, 0.1) is 0 Å². The number of anilines is 1. The van der Waals surface area contributed by atoms with E-state index in [9.17, 15) is 4.79 Å². The average molecular weight is 290 g/mol. The van der Waals surface area contributed by atoms with Gasteiger partial charge in [-0.25, -0.2) is 4.98 Å². The number of hydrogen-bond donors (Lipinski definition) is 2. The number of imidazole rings is 1. The van der Waals surface area contributed by atoms with Crippen molar-refractivity contribution in [2.45, 2.75) is 39.8 Å². The van der Waals surface area contributed by atoms with Crippen LogP contribution >= 0.6 is 0 Å². The fraction of sp³-hybridized carbons (Fsp3) is 0.467. The number of ether oxygens (including phenoxy) is 1. The van der Waals surface area contributed by atoms with Crippen LogP contribution in [0.15, 0.2) is 18.2 Å². The number of rotatable bonds is 4. The first-order valence-corrected chi connectivity index (χ1v) is 7.00. The number of carbonyl (C=O) groups is 1. The molecule has 0 saturated carbocycles. The molecular weight excluding hydrogens is 268 g/mol. The number of nitrogens with one attached hydrogen (secondary N) is 1. The summed E-state index contributed by atoms with van der Waals surface area (Å²) in [4.78, 5) is 16.4. The maximum absolute atomic E-state index is 12.1. The molecule has 1 aromatic heterocycles. The number of fused-ring (bicyclic) bond motifs is 1. The van der Waals surface area contributed by atoms with Crippen molar-refractivity contribution in [2.75, 3.05) is 12.3 Å². The molecule has 0 aliphatic rings. The molecule has 0 unspecified atom stereocenters. The van der Waals surface area contributed by atoms with Gasteiger partial charge in [0.15, 0.2) is 0 Å². The highest BCUT2D eigenvalue weighted by Crippen LogP contribution is 2.27. The number of aromatic nitrogens is 2. The Morgan fingerprint density at radius 3 is 2.76 bits per heavy atom. The summed E-state index contributed by atoms with van der Waals surface area (Å²) in [6.45, 7) is 8.41. The van der Waals surface area contributed by atoms with E-state index in [1.165, 1.54) is 0 Å². The number of para-hydroxylation sites is 1. The topological polar surface area (TPSA) is 82.2 Å². The van der Waals surface area contributed by atoms with E-state index in [0.29, 0.717) is 23.8 Å². The van der Waals surface area contributed by atoms with E-state index >= 15 is 0 Å². The van der Waals surface area contributed by atoms with Crippen molar-refractivity contribution in [3.8, 4) is 5.75 Å². The zero-order valence-electron chi connectivity index (χ0n) is 12.9. The van der Waals surface area contributed by atoms with Crippen LogP contribution in [0.3, 0.4) is 0 Å². The van der Waals surface area contributed by atoms with E-state index in [2.05, 4.69) is 10.3 Å². The highest BCUT2D eigenvalue weighted by atomic mass is 16.5. The molecule has 6 heteroatoms. The second-order valence-corrected chi connectivity index (χ2v) is 5.91. The summed E-state index contributed by atoms with van der Waals surface area (Å²) in [5.74, 6) is 0.883. The van der Waals surface area contributed by atoms with Gasteiger partial charge in [0, 0.05) is 5.54 Å². The molecule has 0 atom stereocenters. The number of hydrogen-bond acceptors (Lipinski definition) is 4. The van der Waals surface area contributed by atoms with E-state index in [1.54, 1.807) is 4.57 Å². The first-order chi connectivity index (χ1) is 9.81. The van der Waals surface area contributed by atoms with Crippen molar-refractivity contribution >= 4 is 22.9 Å². The molecular formula is C15H22N4O2. The maximum atomic E-state index is 12.1. The Morgan fingerprint density at radius 1 is 1.43 bits per heavy atom. The molecule has 21 heavy (non-hydrogen) atoms. The molecule has 0 saturated heterocycles. The van der Waals surface area contributed by atoms with Gasteiger partial charge in [0.2, 0.25) is 11.9 Å². The number of amides is 1. The van der Waals surface area contributed by atoms with E-state index in [0.717, 1.165) is 5.52 Å². The molecule has 2 aromatic rings. The Hall–Kier alpha value is -2.24. The third-order valence-electron chi connectivity index (χ3n) is 2.89. The van der Waals surface area contributed by atoms with Crippen molar-refractivity contribution in [3.63, 3.8) is 0 Å². The summed E-state index contributed by atoms with van der Waals surface area (Å²) in [6.07, 6.45) is 0. The van der Waals surface area contributed by atoms with Crippen LogP contribution in [0.1, 0.15) is 27.7 Å². The fourth-order valence-corrected chi connectivity index (χ4v) is 2.18. The first-order valence-electron chi connectivity index (χ1n) is 7.00.